The first-order chi connectivity index (χ1) is 7.65. The lowest BCUT2D eigenvalue weighted by atomic mass is 9.94. The van der Waals surface area contributed by atoms with Gasteiger partial charge in [-0.3, -0.25) is 9.59 Å². The van der Waals surface area contributed by atoms with Gasteiger partial charge in [-0.15, -0.1) is 0 Å². The summed E-state index contributed by atoms with van der Waals surface area (Å²) in [6.07, 6.45) is 6.96. The van der Waals surface area contributed by atoms with Gasteiger partial charge in [0.15, 0.2) is 0 Å². The second kappa shape index (κ2) is 6.46. The SMILES string of the molecule is C=C(CCCCCCC)C1CC(=O)OC1=O. The molecule has 1 aliphatic heterocycles. The molecule has 0 radical (unpaired) electrons. The van der Waals surface area contributed by atoms with Crippen LogP contribution in [0.5, 0.6) is 0 Å². The van der Waals surface area contributed by atoms with Crippen molar-refractivity contribution in [1.29, 1.82) is 0 Å². The highest BCUT2D eigenvalue weighted by Crippen LogP contribution is 2.26. The van der Waals surface area contributed by atoms with Gasteiger partial charge in [0.25, 0.3) is 0 Å². The molecule has 16 heavy (non-hydrogen) atoms. The van der Waals surface area contributed by atoms with E-state index < -0.39 is 11.9 Å². The minimum absolute atomic E-state index is 0.187. The molecule has 0 spiro atoms. The van der Waals surface area contributed by atoms with E-state index in [-0.39, 0.29) is 12.3 Å². The highest BCUT2D eigenvalue weighted by molar-refractivity contribution is 5.96. The van der Waals surface area contributed by atoms with Crippen LogP contribution < -0.4 is 0 Å². The van der Waals surface area contributed by atoms with Gasteiger partial charge in [0.05, 0.1) is 12.3 Å². The zero-order valence-corrected chi connectivity index (χ0v) is 9.96. The summed E-state index contributed by atoms with van der Waals surface area (Å²) in [7, 11) is 0. The fourth-order valence-electron chi connectivity index (χ4n) is 1.92. The fraction of sp³-hybridized carbons (Fsp3) is 0.692. The van der Waals surface area contributed by atoms with Gasteiger partial charge in [-0.1, -0.05) is 44.8 Å². The van der Waals surface area contributed by atoms with Crippen molar-refractivity contribution in [2.24, 2.45) is 5.92 Å². The monoisotopic (exact) mass is 224 g/mol. The van der Waals surface area contributed by atoms with Crippen LogP contribution >= 0.6 is 0 Å². The quantitative estimate of drug-likeness (QED) is 0.289. The van der Waals surface area contributed by atoms with Crippen LogP contribution in [0, 0.1) is 5.92 Å². The Labute approximate surface area is 96.9 Å². The van der Waals surface area contributed by atoms with Crippen LogP contribution in [0.3, 0.4) is 0 Å². The summed E-state index contributed by atoms with van der Waals surface area (Å²) in [5, 5.41) is 0. The minimum atomic E-state index is -0.415. The highest BCUT2D eigenvalue weighted by Gasteiger charge is 2.34. The number of hydrogen-bond donors (Lipinski definition) is 0. The van der Waals surface area contributed by atoms with E-state index in [4.69, 9.17) is 0 Å². The van der Waals surface area contributed by atoms with Crippen molar-refractivity contribution < 1.29 is 14.3 Å². The molecule has 1 aliphatic rings. The van der Waals surface area contributed by atoms with Crippen LogP contribution in [0.15, 0.2) is 12.2 Å². The molecule has 0 amide bonds. The first-order valence-corrected chi connectivity index (χ1v) is 6.07. The summed E-state index contributed by atoms with van der Waals surface area (Å²) in [6, 6.07) is 0. The molecule has 0 saturated carbocycles. The molecule has 0 N–H and O–H groups in total. The van der Waals surface area contributed by atoms with Crippen molar-refractivity contribution in [3.63, 3.8) is 0 Å². The lowest BCUT2D eigenvalue weighted by Gasteiger charge is -2.08. The Kier molecular flexibility index (Phi) is 5.23. The molecule has 90 valence electrons. The predicted octanol–water partition coefficient (Wildman–Crippen LogP) is 2.99. The number of esters is 2. The third-order valence-electron chi connectivity index (χ3n) is 2.96. The number of ether oxygens (including phenoxy) is 1. The normalized spacial score (nSPS) is 19.9. The van der Waals surface area contributed by atoms with Gasteiger partial charge < -0.3 is 4.74 Å². The van der Waals surface area contributed by atoms with Crippen molar-refractivity contribution in [1.82, 2.24) is 0 Å². The lowest BCUT2D eigenvalue weighted by Crippen LogP contribution is -2.09. The molecule has 1 atom stereocenters. The fourth-order valence-corrected chi connectivity index (χ4v) is 1.92. The molecule has 0 aromatic rings. The van der Waals surface area contributed by atoms with Gasteiger partial charge in [-0.2, -0.15) is 0 Å². The molecule has 0 bridgehead atoms. The molecule has 0 aromatic heterocycles. The maximum atomic E-state index is 11.3. The van der Waals surface area contributed by atoms with E-state index in [0.29, 0.717) is 0 Å². The molecule has 1 rings (SSSR count). The third-order valence-corrected chi connectivity index (χ3v) is 2.96. The second-order valence-corrected chi connectivity index (χ2v) is 4.37. The van der Waals surface area contributed by atoms with Gasteiger partial charge >= 0.3 is 11.9 Å². The van der Waals surface area contributed by atoms with Crippen molar-refractivity contribution in [2.75, 3.05) is 0 Å². The van der Waals surface area contributed by atoms with Gasteiger partial charge in [0.1, 0.15) is 0 Å². The standard InChI is InChI=1S/C13H20O3/c1-3-4-5-6-7-8-10(2)11-9-12(14)16-13(11)15/h11H,2-9H2,1H3. The Bertz CT molecular complexity index is 281. The van der Waals surface area contributed by atoms with Crippen molar-refractivity contribution in [3.05, 3.63) is 12.2 Å². The van der Waals surface area contributed by atoms with Crippen LogP contribution in [0.1, 0.15) is 51.9 Å². The molecule has 0 aliphatic carbocycles. The molecule has 1 unspecified atom stereocenters. The van der Waals surface area contributed by atoms with E-state index in [9.17, 15) is 9.59 Å². The number of carbonyl (C=O) groups excluding carboxylic acids is 2. The van der Waals surface area contributed by atoms with Crippen LogP contribution in [0.2, 0.25) is 0 Å². The first kappa shape index (κ1) is 12.9. The summed E-state index contributed by atoms with van der Waals surface area (Å²) >= 11 is 0. The number of unbranched alkanes of at least 4 members (excludes halogenated alkanes) is 4. The van der Waals surface area contributed by atoms with E-state index in [2.05, 4.69) is 18.2 Å². The Morgan fingerprint density at radius 1 is 1.31 bits per heavy atom. The molecule has 1 saturated heterocycles. The second-order valence-electron chi connectivity index (χ2n) is 4.37. The summed E-state index contributed by atoms with van der Waals surface area (Å²) in [5.74, 6) is -1.20. The van der Waals surface area contributed by atoms with Crippen molar-refractivity contribution in [3.8, 4) is 0 Å². The van der Waals surface area contributed by atoms with Gasteiger partial charge in [-0.05, 0) is 12.8 Å². The average Bonchev–Trinajstić information content (AvgIpc) is 2.57. The van der Waals surface area contributed by atoms with Crippen molar-refractivity contribution >= 4 is 11.9 Å². The van der Waals surface area contributed by atoms with E-state index in [1.165, 1.54) is 25.7 Å². The van der Waals surface area contributed by atoms with E-state index >= 15 is 0 Å². The van der Waals surface area contributed by atoms with Gasteiger partial charge in [0.2, 0.25) is 0 Å². The van der Waals surface area contributed by atoms with E-state index in [1.54, 1.807) is 0 Å². The Hall–Kier alpha value is -1.12. The average molecular weight is 224 g/mol. The number of hydrogen-bond acceptors (Lipinski definition) is 3. The molecule has 1 heterocycles. The zero-order valence-electron chi connectivity index (χ0n) is 9.96. The van der Waals surface area contributed by atoms with Crippen LogP contribution in [0.25, 0.3) is 0 Å². The zero-order chi connectivity index (χ0) is 12.0. The van der Waals surface area contributed by atoms with Gasteiger partial charge in [-0.25, -0.2) is 0 Å². The Morgan fingerprint density at radius 3 is 2.56 bits per heavy atom. The first-order valence-electron chi connectivity index (χ1n) is 6.07. The summed E-state index contributed by atoms with van der Waals surface area (Å²) in [6.45, 7) is 6.07. The third kappa shape index (κ3) is 3.80. The number of cyclic esters (lactones) is 2. The molecule has 0 aromatic carbocycles. The lowest BCUT2D eigenvalue weighted by molar-refractivity contribution is -0.152. The topological polar surface area (TPSA) is 43.4 Å². The van der Waals surface area contributed by atoms with Crippen molar-refractivity contribution in [2.45, 2.75) is 51.9 Å². The number of rotatable bonds is 7. The predicted molar refractivity (Wildman–Crippen MR) is 61.7 cm³/mol. The summed E-state index contributed by atoms with van der Waals surface area (Å²) in [5.41, 5.74) is 0.854. The molecule has 3 nitrogen and oxygen atoms in total. The highest BCUT2D eigenvalue weighted by atomic mass is 16.6. The smallest absolute Gasteiger partial charge is 0.321 e. The van der Waals surface area contributed by atoms with Crippen LogP contribution in [-0.4, -0.2) is 11.9 Å². The van der Waals surface area contributed by atoms with E-state index in [1.807, 2.05) is 0 Å². The molecule has 3 heteroatoms. The maximum Gasteiger partial charge on any atom is 0.321 e. The Balaban J connectivity index is 2.20. The molecule has 1 fully saturated rings. The molecular weight excluding hydrogens is 204 g/mol. The minimum Gasteiger partial charge on any atom is -0.393 e. The summed E-state index contributed by atoms with van der Waals surface area (Å²) in [4.78, 5) is 22.2. The van der Waals surface area contributed by atoms with E-state index in [0.717, 1.165) is 18.4 Å². The largest absolute Gasteiger partial charge is 0.393 e. The summed E-state index contributed by atoms with van der Waals surface area (Å²) < 4.78 is 4.50. The maximum absolute atomic E-state index is 11.3. The number of carbonyl (C=O) groups is 2. The van der Waals surface area contributed by atoms with Crippen LogP contribution in [0.4, 0.5) is 0 Å². The van der Waals surface area contributed by atoms with Crippen LogP contribution in [-0.2, 0) is 14.3 Å². The van der Waals surface area contributed by atoms with Gasteiger partial charge in [0, 0.05) is 0 Å². The Morgan fingerprint density at radius 2 is 2.00 bits per heavy atom. The molecular formula is C13H20O3.